The maximum atomic E-state index is 12.6. The first-order valence-corrected chi connectivity index (χ1v) is 11.9. The van der Waals surface area contributed by atoms with Crippen LogP contribution >= 0.6 is 0 Å². The molecule has 6 nitrogen and oxygen atoms in total. The Labute approximate surface area is 167 Å². The molecule has 28 heavy (non-hydrogen) atoms. The molecule has 1 aromatic carbocycles. The maximum absolute atomic E-state index is 12.6. The Hall–Kier alpha value is -1.89. The lowest BCUT2D eigenvalue weighted by molar-refractivity contribution is -0.117. The van der Waals surface area contributed by atoms with Gasteiger partial charge in [0.2, 0.25) is 5.91 Å². The van der Waals surface area contributed by atoms with Gasteiger partial charge in [-0.1, -0.05) is 12.8 Å². The highest BCUT2D eigenvalue weighted by atomic mass is 32.2. The van der Waals surface area contributed by atoms with E-state index in [1.807, 2.05) is 0 Å². The van der Waals surface area contributed by atoms with E-state index in [-0.39, 0.29) is 10.8 Å². The third-order valence-electron chi connectivity index (χ3n) is 6.41. The molecule has 0 unspecified atom stereocenters. The fourth-order valence-corrected chi connectivity index (χ4v) is 6.05. The van der Waals surface area contributed by atoms with Crippen molar-refractivity contribution in [2.24, 2.45) is 22.7 Å². The van der Waals surface area contributed by atoms with Crippen LogP contribution in [0.5, 0.6) is 0 Å². The van der Waals surface area contributed by atoms with Crippen molar-refractivity contribution < 1.29 is 13.2 Å². The highest BCUT2D eigenvalue weighted by Gasteiger charge is 2.40. The molecule has 0 aromatic heterocycles. The Morgan fingerprint density at radius 2 is 1.89 bits per heavy atom. The quantitative estimate of drug-likeness (QED) is 0.786. The molecule has 4 rings (SSSR count). The van der Waals surface area contributed by atoms with Crippen LogP contribution in [0.2, 0.25) is 0 Å². The Morgan fingerprint density at radius 3 is 2.61 bits per heavy atom. The zero-order chi connectivity index (χ0) is 19.6. The minimum atomic E-state index is -3.64. The number of carbonyl (C=O) groups excluding carboxylic acids is 1. The van der Waals surface area contributed by atoms with Crippen molar-refractivity contribution in [2.75, 3.05) is 11.9 Å². The van der Waals surface area contributed by atoms with E-state index < -0.39 is 10.0 Å². The number of hydrogen-bond donors (Lipinski definition) is 2. The fourth-order valence-electron chi connectivity index (χ4n) is 4.97. The molecule has 2 aliphatic carbocycles. The first kappa shape index (κ1) is 19.4. The van der Waals surface area contributed by atoms with Crippen molar-refractivity contribution in [1.82, 2.24) is 4.72 Å². The van der Waals surface area contributed by atoms with Gasteiger partial charge in [0, 0.05) is 25.1 Å². The molecular formula is C21H29N3O3S. The van der Waals surface area contributed by atoms with Crippen LogP contribution in [-0.2, 0) is 14.8 Å². The molecule has 1 amide bonds. The van der Waals surface area contributed by atoms with Crippen molar-refractivity contribution in [3.63, 3.8) is 0 Å². The summed E-state index contributed by atoms with van der Waals surface area (Å²) >= 11 is 0. The average molecular weight is 404 g/mol. The molecule has 7 heteroatoms. The van der Waals surface area contributed by atoms with E-state index in [0.717, 1.165) is 31.1 Å². The second-order valence-electron chi connectivity index (χ2n) is 8.46. The molecule has 3 aliphatic rings. The van der Waals surface area contributed by atoms with E-state index in [0.29, 0.717) is 36.8 Å². The van der Waals surface area contributed by atoms with Crippen LogP contribution < -0.4 is 10.0 Å². The normalized spacial score (nSPS) is 27.1. The van der Waals surface area contributed by atoms with Crippen LogP contribution in [0.1, 0.15) is 57.8 Å². The monoisotopic (exact) mass is 403 g/mol. The highest BCUT2D eigenvalue weighted by molar-refractivity contribution is 7.90. The van der Waals surface area contributed by atoms with Gasteiger partial charge in [-0.3, -0.25) is 14.5 Å². The molecule has 152 valence electrons. The van der Waals surface area contributed by atoms with Gasteiger partial charge in [0.15, 0.2) is 0 Å². The Morgan fingerprint density at radius 1 is 1.07 bits per heavy atom. The van der Waals surface area contributed by atoms with E-state index in [4.69, 9.17) is 0 Å². The summed E-state index contributed by atoms with van der Waals surface area (Å²) in [6.07, 6.45) is 9.35. The average Bonchev–Trinajstić information content (AvgIpc) is 3.18. The summed E-state index contributed by atoms with van der Waals surface area (Å²) in [5, 5.41) is 2.92. The number of amidine groups is 1. The molecule has 1 aromatic rings. The fraction of sp³-hybridized carbons (Fsp3) is 0.619. The molecule has 2 saturated carbocycles. The molecular weight excluding hydrogens is 374 g/mol. The van der Waals surface area contributed by atoms with E-state index in [2.05, 4.69) is 15.0 Å². The SMILES string of the molecule is O=C(C[C@H]1C[C@@H]2CC[C@@H]1C2)Nc1ccc(S(=O)(=O)NC2=NCCCCC2)cc1. The minimum Gasteiger partial charge on any atom is -0.326 e. The van der Waals surface area contributed by atoms with Gasteiger partial charge in [0.25, 0.3) is 10.0 Å². The van der Waals surface area contributed by atoms with Gasteiger partial charge in [0.05, 0.1) is 4.90 Å². The second kappa shape index (κ2) is 8.23. The topological polar surface area (TPSA) is 87.6 Å². The molecule has 2 bridgehead atoms. The number of anilines is 1. The van der Waals surface area contributed by atoms with Crippen LogP contribution in [0.3, 0.4) is 0 Å². The largest absolute Gasteiger partial charge is 0.326 e. The van der Waals surface area contributed by atoms with Crippen molar-refractivity contribution >= 4 is 27.5 Å². The predicted octanol–water partition coefficient (Wildman–Crippen LogP) is 3.70. The summed E-state index contributed by atoms with van der Waals surface area (Å²) in [6.45, 7) is 0.672. The summed E-state index contributed by atoms with van der Waals surface area (Å²) in [6, 6.07) is 6.38. The number of sulfonamides is 1. The minimum absolute atomic E-state index is 0.0269. The molecule has 3 atom stereocenters. The molecule has 2 N–H and O–H groups in total. The van der Waals surface area contributed by atoms with Gasteiger partial charge >= 0.3 is 0 Å². The summed E-state index contributed by atoms with van der Waals surface area (Å²) < 4.78 is 27.8. The van der Waals surface area contributed by atoms with Crippen LogP contribution in [0.25, 0.3) is 0 Å². The summed E-state index contributed by atoms with van der Waals surface area (Å²) in [5.74, 6) is 2.64. The van der Waals surface area contributed by atoms with Crippen LogP contribution in [0.4, 0.5) is 5.69 Å². The Kier molecular flexibility index (Phi) is 5.71. The smallest absolute Gasteiger partial charge is 0.262 e. The van der Waals surface area contributed by atoms with Crippen molar-refractivity contribution in [3.8, 4) is 0 Å². The molecule has 1 heterocycles. The lowest BCUT2D eigenvalue weighted by atomic mass is 9.86. The lowest BCUT2D eigenvalue weighted by Crippen LogP contribution is -2.30. The van der Waals surface area contributed by atoms with Crippen molar-refractivity contribution in [3.05, 3.63) is 24.3 Å². The van der Waals surface area contributed by atoms with Crippen LogP contribution in [0, 0.1) is 17.8 Å². The van der Waals surface area contributed by atoms with E-state index in [9.17, 15) is 13.2 Å². The molecule has 2 fully saturated rings. The number of carbonyl (C=O) groups is 1. The molecule has 0 spiro atoms. The van der Waals surface area contributed by atoms with Gasteiger partial charge in [-0.05, 0) is 74.1 Å². The first-order valence-electron chi connectivity index (χ1n) is 10.5. The number of rotatable bonds is 5. The number of benzene rings is 1. The molecule has 1 aliphatic heterocycles. The number of nitrogens with zero attached hydrogens (tertiary/aromatic N) is 1. The van der Waals surface area contributed by atoms with Gasteiger partial charge in [-0.2, -0.15) is 0 Å². The summed E-state index contributed by atoms with van der Waals surface area (Å²) in [5.41, 5.74) is 0.638. The Balaban J connectivity index is 1.33. The van der Waals surface area contributed by atoms with Crippen molar-refractivity contribution in [2.45, 2.75) is 62.7 Å². The van der Waals surface area contributed by atoms with E-state index >= 15 is 0 Å². The third kappa shape index (κ3) is 4.57. The predicted molar refractivity (Wildman–Crippen MR) is 110 cm³/mol. The van der Waals surface area contributed by atoms with Gasteiger partial charge in [0.1, 0.15) is 5.84 Å². The summed E-state index contributed by atoms with van der Waals surface area (Å²) in [7, 11) is -3.64. The number of amides is 1. The zero-order valence-electron chi connectivity index (χ0n) is 16.2. The lowest BCUT2D eigenvalue weighted by Gasteiger charge is -2.20. The number of hydrogen-bond acceptors (Lipinski definition) is 4. The number of fused-ring (bicyclic) bond motifs is 2. The zero-order valence-corrected chi connectivity index (χ0v) is 17.0. The first-order chi connectivity index (χ1) is 13.5. The van der Waals surface area contributed by atoms with E-state index in [1.165, 1.54) is 37.8 Å². The van der Waals surface area contributed by atoms with Crippen LogP contribution in [-0.4, -0.2) is 26.7 Å². The third-order valence-corrected chi connectivity index (χ3v) is 7.80. The standard InChI is InChI=1S/C21H29N3O3S/c25-21(14-17-13-15-5-6-16(17)12-15)23-18-7-9-19(10-8-18)28(26,27)24-20-4-2-1-3-11-22-20/h7-10,15-17H,1-6,11-14H2,(H,22,24)(H,23,25)/t15-,16-,17-/m1/s1. The second-order valence-corrected chi connectivity index (χ2v) is 10.1. The van der Waals surface area contributed by atoms with Crippen molar-refractivity contribution in [1.29, 1.82) is 0 Å². The van der Waals surface area contributed by atoms with E-state index in [1.54, 1.807) is 12.1 Å². The Bertz CT molecular complexity index is 848. The maximum Gasteiger partial charge on any atom is 0.262 e. The van der Waals surface area contributed by atoms with Gasteiger partial charge < -0.3 is 5.32 Å². The molecule has 0 radical (unpaired) electrons. The summed E-state index contributed by atoms with van der Waals surface area (Å²) in [4.78, 5) is 16.9. The van der Waals surface area contributed by atoms with Gasteiger partial charge in [-0.15, -0.1) is 0 Å². The van der Waals surface area contributed by atoms with Crippen LogP contribution in [0.15, 0.2) is 34.2 Å². The number of nitrogens with one attached hydrogen (secondary N) is 2. The highest BCUT2D eigenvalue weighted by Crippen LogP contribution is 2.49. The molecule has 0 saturated heterocycles. The number of aliphatic imine (C=N–C) groups is 1. The van der Waals surface area contributed by atoms with Gasteiger partial charge in [-0.25, -0.2) is 8.42 Å².